The first kappa shape index (κ1) is 26.0. The van der Waals surface area contributed by atoms with Gasteiger partial charge in [0.2, 0.25) is 0 Å². The van der Waals surface area contributed by atoms with Crippen LogP contribution in [0.3, 0.4) is 0 Å². The van der Waals surface area contributed by atoms with Crippen molar-refractivity contribution in [1.29, 1.82) is 5.26 Å². The minimum atomic E-state index is -2.92. The number of rotatable bonds is 7. The van der Waals surface area contributed by atoms with E-state index >= 15 is 0 Å². The van der Waals surface area contributed by atoms with Crippen LogP contribution >= 0.6 is 11.3 Å². The molecule has 7 nitrogen and oxygen atoms in total. The lowest BCUT2D eigenvalue weighted by atomic mass is 9.73. The number of ether oxygens (including phenoxy) is 1. The molecule has 202 valence electrons. The van der Waals surface area contributed by atoms with Crippen LogP contribution in [0.15, 0.2) is 24.3 Å². The van der Waals surface area contributed by atoms with Crippen LogP contribution in [0.25, 0.3) is 10.4 Å². The van der Waals surface area contributed by atoms with Crippen molar-refractivity contribution in [2.75, 3.05) is 42.7 Å². The van der Waals surface area contributed by atoms with Crippen LogP contribution in [0, 0.1) is 22.7 Å². The van der Waals surface area contributed by atoms with E-state index in [9.17, 15) is 18.5 Å². The third kappa shape index (κ3) is 5.28. The van der Waals surface area contributed by atoms with Gasteiger partial charge in [-0.05, 0) is 49.8 Å². The van der Waals surface area contributed by atoms with Crippen LogP contribution in [0.4, 0.5) is 5.69 Å². The molecule has 1 aromatic heterocycles. The number of nitrogens with zero attached hydrogens (tertiary/aromatic N) is 3. The van der Waals surface area contributed by atoms with Gasteiger partial charge in [-0.25, -0.2) is 13.4 Å². The summed E-state index contributed by atoms with van der Waals surface area (Å²) in [6.45, 7) is 2.50. The largest absolute Gasteiger partial charge is 0.381 e. The van der Waals surface area contributed by atoms with Gasteiger partial charge in [-0.3, -0.25) is 4.79 Å². The molecular weight excluding hydrogens is 518 g/mol. The van der Waals surface area contributed by atoms with Gasteiger partial charge in [-0.2, -0.15) is 5.26 Å². The van der Waals surface area contributed by atoms with Crippen molar-refractivity contribution < 1.29 is 17.9 Å². The number of nitriles is 1. The molecule has 6 rings (SSSR count). The first-order valence-corrected chi connectivity index (χ1v) is 16.6. The average Bonchev–Trinajstić information content (AvgIpc) is 3.30. The lowest BCUT2D eigenvalue weighted by Crippen LogP contribution is -2.40. The van der Waals surface area contributed by atoms with E-state index in [4.69, 9.17) is 9.72 Å². The van der Waals surface area contributed by atoms with Crippen molar-refractivity contribution in [3.63, 3.8) is 0 Å². The predicted molar refractivity (Wildman–Crippen MR) is 148 cm³/mol. The zero-order chi connectivity index (χ0) is 26.3. The molecule has 0 amide bonds. The average molecular weight is 554 g/mol. The molecular formula is C29H35N3O4S2. The summed E-state index contributed by atoms with van der Waals surface area (Å²) in [6.07, 6.45) is 7.01. The fourth-order valence-corrected chi connectivity index (χ4v) is 8.76. The molecule has 38 heavy (non-hydrogen) atoms. The van der Waals surface area contributed by atoms with Gasteiger partial charge in [0.1, 0.15) is 5.78 Å². The molecule has 2 aromatic rings. The molecule has 9 heteroatoms. The summed E-state index contributed by atoms with van der Waals surface area (Å²) in [5.74, 6) is 0.954. The fourth-order valence-electron chi connectivity index (χ4n) is 6.29. The third-order valence-electron chi connectivity index (χ3n) is 8.92. The van der Waals surface area contributed by atoms with E-state index in [2.05, 4.69) is 35.2 Å². The number of thiazole rings is 1. The number of carbonyl (C=O) groups is 1. The third-order valence-corrected chi connectivity index (χ3v) is 11.8. The Bertz CT molecular complexity index is 1320. The fraction of sp³-hybridized carbons (Fsp3) is 0.621. The van der Waals surface area contributed by atoms with Crippen LogP contribution in [0.1, 0.15) is 73.9 Å². The van der Waals surface area contributed by atoms with Gasteiger partial charge in [0, 0.05) is 49.6 Å². The van der Waals surface area contributed by atoms with Crippen molar-refractivity contribution in [3.05, 3.63) is 35.0 Å². The maximum atomic E-state index is 13.5. The Hall–Kier alpha value is -2.28. The number of hydrogen-bond acceptors (Lipinski definition) is 8. The van der Waals surface area contributed by atoms with Gasteiger partial charge in [-0.15, -0.1) is 11.3 Å². The summed E-state index contributed by atoms with van der Waals surface area (Å²) < 4.78 is 29.4. The van der Waals surface area contributed by atoms with E-state index in [1.165, 1.54) is 0 Å². The number of carbonyl (C=O) groups excluding carboxylic acids is 1. The SMILES string of the molecule is N#CC1(CC(=O)[C@@H]2CCCC[C@H]2c2nc([C@@H]3CCOC3)sc2-c2ccc(N3CCS(=O)(=O)CC3)cc2)CC1. The van der Waals surface area contributed by atoms with Crippen LogP contribution in [-0.4, -0.2) is 57.0 Å². The Morgan fingerprint density at radius 3 is 2.53 bits per heavy atom. The van der Waals surface area contributed by atoms with Crippen LogP contribution in [0.2, 0.25) is 0 Å². The molecule has 4 aliphatic rings. The smallest absolute Gasteiger partial charge is 0.153 e. The first-order chi connectivity index (χ1) is 18.4. The predicted octanol–water partition coefficient (Wildman–Crippen LogP) is 5.09. The minimum Gasteiger partial charge on any atom is -0.381 e. The van der Waals surface area contributed by atoms with Crippen LogP contribution in [0.5, 0.6) is 0 Å². The van der Waals surface area contributed by atoms with Gasteiger partial charge in [-0.1, -0.05) is 25.0 Å². The molecule has 0 unspecified atom stereocenters. The molecule has 0 radical (unpaired) electrons. The van der Waals surface area contributed by atoms with E-state index in [0.717, 1.165) is 78.4 Å². The highest BCUT2D eigenvalue weighted by molar-refractivity contribution is 7.91. The van der Waals surface area contributed by atoms with Crippen molar-refractivity contribution in [2.24, 2.45) is 11.3 Å². The number of hydrogen-bond donors (Lipinski definition) is 0. The van der Waals surface area contributed by atoms with Crippen LogP contribution in [-0.2, 0) is 19.4 Å². The molecule has 0 spiro atoms. The van der Waals surface area contributed by atoms with Crippen molar-refractivity contribution in [2.45, 2.75) is 63.2 Å². The maximum Gasteiger partial charge on any atom is 0.153 e. The number of sulfone groups is 1. The van der Waals surface area contributed by atoms with E-state index in [1.54, 1.807) is 11.3 Å². The van der Waals surface area contributed by atoms with Gasteiger partial charge >= 0.3 is 0 Å². The number of anilines is 1. The zero-order valence-corrected chi connectivity index (χ0v) is 23.4. The quantitative estimate of drug-likeness (QED) is 0.471. The summed E-state index contributed by atoms with van der Waals surface area (Å²) >= 11 is 1.74. The molecule has 0 bridgehead atoms. The number of aromatic nitrogens is 1. The Morgan fingerprint density at radius 1 is 1.13 bits per heavy atom. The molecule has 2 saturated heterocycles. The van der Waals surface area contributed by atoms with E-state index in [0.29, 0.717) is 32.0 Å². The highest BCUT2D eigenvalue weighted by atomic mass is 32.2. The number of ketones is 1. The van der Waals surface area contributed by atoms with E-state index in [1.807, 2.05) is 0 Å². The van der Waals surface area contributed by atoms with Gasteiger partial charge in [0.25, 0.3) is 0 Å². The second-order valence-corrected chi connectivity index (χ2v) is 14.9. The molecule has 3 atom stereocenters. The molecule has 2 aliphatic carbocycles. The Balaban J connectivity index is 1.30. The molecule has 3 heterocycles. The normalized spacial score (nSPS) is 28.1. The van der Waals surface area contributed by atoms with Crippen LogP contribution < -0.4 is 4.90 Å². The highest BCUT2D eigenvalue weighted by Crippen LogP contribution is 2.51. The summed E-state index contributed by atoms with van der Waals surface area (Å²) in [5.41, 5.74) is 2.77. The molecule has 4 fully saturated rings. The van der Waals surface area contributed by atoms with Gasteiger partial charge < -0.3 is 9.64 Å². The monoisotopic (exact) mass is 553 g/mol. The van der Waals surface area contributed by atoms with E-state index in [-0.39, 0.29) is 29.1 Å². The van der Waals surface area contributed by atoms with Gasteiger partial charge in [0.05, 0.1) is 45.2 Å². The topological polar surface area (TPSA) is 100 Å². The van der Waals surface area contributed by atoms with E-state index < -0.39 is 15.3 Å². The number of Topliss-reactive ketones (excluding diaryl/α,β-unsaturated/α-hetero) is 1. The summed E-state index contributed by atoms with van der Waals surface area (Å²) in [4.78, 5) is 22.0. The summed E-state index contributed by atoms with van der Waals surface area (Å²) in [5, 5.41) is 10.7. The first-order valence-electron chi connectivity index (χ1n) is 13.9. The highest BCUT2D eigenvalue weighted by Gasteiger charge is 2.47. The minimum absolute atomic E-state index is 0.0716. The standard InChI is InChI=1S/C29H35N3O4S2/c30-19-29(10-11-29)17-25(33)23-3-1-2-4-24(23)26-27(37-28(31-26)21-9-14-36-18-21)20-5-7-22(8-6-20)32-12-15-38(34,35)16-13-32/h5-8,21,23-24H,1-4,9-18H2/t21-,23-,24-/m1/s1. The lowest BCUT2D eigenvalue weighted by molar-refractivity contribution is -0.125. The molecule has 0 N–H and O–H groups in total. The Morgan fingerprint density at radius 2 is 1.87 bits per heavy atom. The number of benzene rings is 1. The second-order valence-electron chi connectivity index (χ2n) is 11.5. The van der Waals surface area contributed by atoms with Crippen molar-refractivity contribution in [1.82, 2.24) is 4.98 Å². The molecule has 2 saturated carbocycles. The zero-order valence-electron chi connectivity index (χ0n) is 21.7. The maximum absolute atomic E-state index is 13.5. The Kier molecular flexibility index (Phi) is 7.08. The molecule has 2 aliphatic heterocycles. The van der Waals surface area contributed by atoms with Crippen molar-refractivity contribution in [3.8, 4) is 16.5 Å². The van der Waals surface area contributed by atoms with Gasteiger partial charge in [0.15, 0.2) is 9.84 Å². The van der Waals surface area contributed by atoms with Crippen molar-refractivity contribution >= 4 is 32.6 Å². The second kappa shape index (κ2) is 10.4. The summed E-state index contributed by atoms with van der Waals surface area (Å²) in [6, 6.07) is 10.8. The summed E-state index contributed by atoms with van der Waals surface area (Å²) in [7, 11) is -2.92. The molecule has 1 aromatic carbocycles. The Labute approximate surface area is 229 Å². The lowest BCUT2D eigenvalue weighted by Gasteiger charge is -2.31.